The molecule has 0 radical (unpaired) electrons. The molecule has 0 saturated carbocycles. The van der Waals surface area contributed by atoms with E-state index in [0.717, 1.165) is 66.8 Å². The predicted octanol–water partition coefficient (Wildman–Crippen LogP) is 4.30. The van der Waals surface area contributed by atoms with Crippen molar-refractivity contribution in [2.24, 2.45) is 17.6 Å². The van der Waals surface area contributed by atoms with Crippen molar-refractivity contribution in [3.63, 3.8) is 0 Å². The quantitative estimate of drug-likeness (QED) is 0.570. The number of carbonyl (C=O) groups is 2. The number of primary amides is 1. The third kappa shape index (κ3) is 5.55. The highest BCUT2D eigenvalue weighted by Gasteiger charge is 2.34. The highest BCUT2D eigenvalue weighted by Crippen LogP contribution is 2.39. The molecule has 2 fully saturated rings. The molecule has 36 heavy (non-hydrogen) atoms. The fourth-order valence-corrected chi connectivity index (χ4v) is 6.52. The maximum Gasteiger partial charge on any atom is 0.314 e. The van der Waals surface area contributed by atoms with Crippen LogP contribution in [0.25, 0.3) is 0 Å². The lowest BCUT2D eigenvalue weighted by molar-refractivity contribution is -0.126. The monoisotopic (exact) mass is 573 g/mol. The summed E-state index contributed by atoms with van der Waals surface area (Å²) in [5.74, 6) is 0.586. The van der Waals surface area contributed by atoms with Crippen molar-refractivity contribution < 1.29 is 9.59 Å². The number of amides is 3. The summed E-state index contributed by atoms with van der Waals surface area (Å²) in [4.78, 5) is 33.3. The summed E-state index contributed by atoms with van der Waals surface area (Å²) < 4.78 is 1.000. The molecule has 3 heterocycles. The third-order valence-corrected chi connectivity index (χ3v) is 8.72. The molecule has 1 atom stereocenters. The number of urea groups is 1. The normalized spacial score (nSPS) is 21.4. The molecule has 7 nitrogen and oxygen atoms in total. The van der Waals surface area contributed by atoms with Gasteiger partial charge in [-0.3, -0.25) is 14.7 Å². The van der Waals surface area contributed by atoms with Gasteiger partial charge in [-0.05, 0) is 108 Å². The molecule has 3 aliphatic rings. The molecule has 3 amide bonds. The number of piperidine rings is 2. The molecule has 1 aromatic carbocycles. The van der Waals surface area contributed by atoms with E-state index in [9.17, 15) is 9.59 Å². The molecule has 1 aromatic heterocycles. The van der Waals surface area contributed by atoms with Crippen LogP contribution < -0.4 is 11.1 Å². The number of carbonyl (C=O) groups excluding carboxylic acids is 2. The number of rotatable bonds is 4. The topological polar surface area (TPSA) is 91.6 Å². The van der Waals surface area contributed by atoms with E-state index < -0.39 is 0 Å². The minimum Gasteiger partial charge on any atom is -0.356 e. The number of pyridine rings is 1. The molecule has 1 aliphatic carbocycles. The first-order valence-electron chi connectivity index (χ1n) is 12.9. The van der Waals surface area contributed by atoms with Gasteiger partial charge in [-0.25, -0.2) is 4.79 Å². The Kier molecular flexibility index (Phi) is 7.84. The first kappa shape index (κ1) is 25.5. The molecule has 9 heteroatoms. The van der Waals surface area contributed by atoms with Crippen LogP contribution in [0.3, 0.4) is 0 Å². The van der Waals surface area contributed by atoms with Gasteiger partial charge < -0.3 is 16.0 Å². The van der Waals surface area contributed by atoms with E-state index in [1.165, 1.54) is 16.7 Å². The van der Waals surface area contributed by atoms with E-state index in [-0.39, 0.29) is 23.9 Å². The summed E-state index contributed by atoms with van der Waals surface area (Å²) in [7, 11) is 0. The number of nitrogens with two attached hydrogens (primary N) is 1. The predicted molar refractivity (Wildman–Crippen MR) is 144 cm³/mol. The van der Waals surface area contributed by atoms with Gasteiger partial charge in [0.2, 0.25) is 5.91 Å². The Morgan fingerprint density at radius 2 is 1.78 bits per heavy atom. The van der Waals surface area contributed by atoms with Crippen molar-refractivity contribution in [2.45, 2.75) is 44.6 Å². The van der Waals surface area contributed by atoms with Gasteiger partial charge in [0, 0.05) is 41.2 Å². The highest BCUT2D eigenvalue weighted by molar-refractivity contribution is 9.10. The van der Waals surface area contributed by atoms with Gasteiger partial charge in [-0.2, -0.15) is 0 Å². The van der Waals surface area contributed by atoms with Gasteiger partial charge in [0.25, 0.3) is 0 Å². The summed E-state index contributed by atoms with van der Waals surface area (Å²) in [6.07, 6.45) is 7.19. The largest absolute Gasteiger partial charge is 0.356 e. The molecule has 192 valence electrons. The van der Waals surface area contributed by atoms with Crippen LogP contribution in [0.5, 0.6) is 0 Å². The van der Waals surface area contributed by atoms with Crippen molar-refractivity contribution in [3.05, 3.63) is 62.3 Å². The van der Waals surface area contributed by atoms with Crippen LogP contribution in [0.2, 0.25) is 5.02 Å². The van der Waals surface area contributed by atoms with Gasteiger partial charge in [0.15, 0.2) is 0 Å². The molecular formula is C27H33BrClN5O2. The van der Waals surface area contributed by atoms with E-state index in [2.05, 4.69) is 44.3 Å². The summed E-state index contributed by atoms with van der Waals surface area (Å²) >= 11 is 9.95. The molecule has 3 N–H and O–H groups in total. The summed E-state index contributed by atoms with van der Waals surface area (Å²) in [5, 5.41) is 3.96. The van der Waals surface area contributed by atoms with Crippen LogP contribution in [-0.2, 0) is 17.6 Å². The highest BCUT2D eigenvalue weighted by atomic mass is 79.9. The maximum absolute atomic E-state index is 13.0. The number of hydrogen-bond acceptors (Lipinski definition) is 4. The van der Waals surface area contributed by atoms with Crippen molar-refractivity contribution >= 4 is 39.5 Å². The second-order valence-corrected chi connectivity index (χ2v) is 11.6. The van der Waals surface area contributed by atoms with Crippen molar-refractivity contribution in [2.75, 3.05) is 32.7 Å². The number of halogens is 2. The zero-order valence-corrected chi connectivity index (χ0v) is 22.7. The van der Waals surface area contributed by atoms with Crippen molar-refractivity contribution in [1.82, 2.24) is 20.1 Å². The number of aromatic nitrogens is 1. The summed E-state index contributed by atoms with van der Waals surface area (Å²) in [5.41, 5.74) is 10.3. The molecule has 0 bridgehead atoms. The summed E-state index contributed by atoms with van der Waals surface area (Å²) in [6, 6.07) is 8.14. The van der Waals surface area contributed by atoms with Crippen LogP contribution in [0, 0.1) is 11.8 Å². The first-order valence-corrected chi connectivity index (χ1v) is 14.0. The van der Waals surface area contributed by atoms with E-state index in [1.807, 2.05) is 12.3 Å². The Labute approximate surface area is 225 Å². The third-order valence-electron chi connectivity index (χ3n) is 8.05. The van der Waals surface area contributed by atoms with Crippen LogP contribution in [0.4, 0.5) is 4.79 Å². The lowest BCUT2D eigenvalue weighted by atomic mass is 9.90. The number of nitrogens with zero attached hydrogens (tertiary/aromatic N) is 3. The molecule has 5 rings (SSSR count). The molecule has 2 aromatic rings. The lowest BCUT2D eigenvalue weighted by Crippen LogP contribution is -2.46. The summed E-state index contributed by atoms with van der Waals surface area (Å²) in [6.45, 7) is 3.72. The number of fused-ring (bicyclic) bond motifs is 2. The van der Waals surface area contributed by atoms with Crippen molar-refractivity contribution in [3.8, 4) is 0 Å². The zero-order valence-electron chi connectivity index (χ0n) is 20.4. The fraction of sp³-hybridized carbons (Fsp3) is 0.519. The molecule has 0 spiro atoms. The number of benzene rings is 1. The first-order chi connectivity index (χ1) is 17.4. The number of hydrogen-bond donors (Lipinski definition) is 2. The molecule has 2 saturated heterocycles. The molecule has 1 unspecified atom stereocenters. The second kappa shape index (κ2) is 11.1. The lowest BCUT2D eigenvalue weighted by Gasteiger charge is -2.38. The van der Waals surface area contributed by atoms with Crippen molar-refractivity contribution in [1.29, 1.82) is 0 Å². The second-order valence-electron chi connectivity index (χ2n) is 10.3. The van der Waals surface area contributed by atoms with Gasteiger partial charge >= 0.3 is 6.03 Å². The molecular weight excluding hydrogens is 542 g/mol. The minimum atomic E-state index is -0.353. The smallest absolute Gasteiger partial charge is 0.314 e. The Morgan fingerprint density at radius 1 is 1.06 bits per heavy atom. The Balaban J connectivity index is 1.23. The van der Waals surface area contributed by atoms with Crippen LogP contribution in [0.15, 0.2) is 34.9 Å². The van der Waals surface area contributed by atoms with Crippen LogP contribution >= 0.6 is 27.5 Å². The maximum atomic E-state index is 13.0. The van der Waals surface area contributed by atoms with E-state index in [0.29, 0.717) is 25.6 Å². The molecule has 2 aliphatic heterocycles. The Morgan fingerprint density at radius 3 is 2.50 bits per heavy atom. The SMILES string of the molecule is NC(=O)N1CCC(CNC(=O)C2CCN(C3c4ccc(Cl)cc4CCc4cc(Br)cnc43)CC2)CC1. The van der Waals surface area contributed by atoms with Gasteiger partial charge in [-0.15, -0.1) is 0 Å². The van der Waals surface area contributed by atoms with Crippen LogP contribution in [-0.4, -0.2) is 59.4 Å². The fourth-order valence-electron chi connectivity index (χ4n) is 5.95. The van der Waals surface area contributed by atoms with Gasteiger partial charge in [-0.1, -0.05) is 17.7 Å². The average Bonchev–Trinajstić information content (AvgIpc) is 3.03. The number of nitrogens with one attached hydrogen (secondary N) is 1. The Hall–Kier alpha value is -2.16. The standard InChI is InChI=1S/C27H33BrClN5O2/c28-21-13-20-2-1-19-14-22(29)3-4-23(19)25(24(20)31-16-21)33-11-7-18(8-12-33)26(35)32-15-17-5-9-34(10-6-17)27(30)36/h3-4,13-14,16-18,25H,1-2,5-12,15H2,(H2,30,36)(H,32,35). The number of likely N-dealkylation sites (tertiary alicyclic amines) is 2. The van der Waals surface area contributed by atoms with Crippen LogP contribution in [0.1, 0.15) is 54.1 Å². The minimum absolute atomic E-state index is 0.0276. The van der Waals surface area contributed by atoms with E-state index >= 15 is 0 Å². The average molecular weight is 575 g/mol. The van der Waals surface area contributed by atoms with E-state index in [1.54, 1.807) is 4.90 Å². The Bertz CT molecular complexity index is 1080. The number of aryl methyl sites for hydroxylation is 2. The van der Waals surface area contributed by atoms with Gasteiger partial charge in [0.05, 0.1) is 11.7 Å². The zero-order chi connectivity index (χ0) is 25.2. The van der Waals surface area contributed by atoms with E-state index in [4.69, 9.17) is 22.3 Å². The van der Waals surface area contributed by atoms with Gasteiger partial charge in [0.1, 0.15) is 0 Å².